The Labute approximate surface area is 383 Å². The van der Waals surface area contributed by atoms with Gasteiger partial charge >= 0.3 is 11.9 Å². The molecule has 1 fully saturated rings. The summed E-state index contributed by atoms with van der Waals surface area (Å²) in [5.74, 6) is -1.99. The Hall–Kier alpha value is -1.87. The van der Waals surface area contributed by atoms with Crippen molar-refractivity contribution >= 4 is 22.1 Å². The summed E-state index contributed by atoms with van der Waals surface area (Å²) in [5.41, 5.74) is 0. The first-order valence-electron chi connectivity index (χ1n) is 25.4. The first-order valence-corrected chi connectivity index (χ1v) is 27.0. The molecule has 1 aliphatic rings. The second-order valence-electron chi connectivity index (χ2n) is 17.9. The van der Waals surface area contributed by atoms with E-state index in [4.69, 9.17) is 18.9 Å². The van der Waals surface area contributed by atoms with Crippen molar-refractivity contribution in [2.24, 2.45) is 0 Å². The van der Waals surface area contributed by atoms with Crippen molar-refractivity contribution in [3.8, 4) is 0 Å². The molecule has 4 N–H and O–H groups in total. The molecule has 13 heteroatoms. The van der Waals surface area contributed by atoms with E-state index >= 15 is 0 Å². The second-order valence-corrected chi connectivity index (χ2v) is 19.4. The van der Waals surface area contributed by atoms with Crippen LogP contribution in [0.1, 0.15) is 226 Å². The van der Waals surface area contributed by atoms with E-state index in [1.807, 2.05) is 0 Å². The molecule has 0 aromatic carbocycles. The number of unbranched alkanes of at least 4 members (excludes halogenated alkanes) is 28. The van der Waals surface area contributed by atoms with E-state index in [0.29, 0.717) is 12.8 Å². The number of esters is 2. The molecular formula is C50H92O12S. The number of hydrogen-bond acceptors (Lipinski definition) is 11. The first kappa shape index (κ1) is 59.1. The van der Waals surface area contributed by atoms with Crippen molar-refractivity contribution in [3.63, 3.8) is 0 Å². The van der Waals surface area contributed by atoms with Crippen LogP contribution in [0.5, 0.6) is 0 Å². The predicted octanol–water partition coefficient (Wildman–Crippen LogP) is 11.2. The molecule has 63 heavy (non-hydrogen) atoms. The maximum atomic E-state index is 12.8. The Morgan fingerprint density at radius 2 is 0.937 bits per heavy atom. The normalized spacial score (nSPS) is 19.9. The van der Waals surface area contributed by atoms with Gasteiger partial charge in [0.25, 0.3) is 10.1 Å². The zero-order chi connectivity index (χ0) is 46.2. The van der Waals surface area contributed by atoms with Gasteiger partial charge in [0.05, 0.1) is 6.61 Å². The van der Waals surface area contributed by atoms with Gasteiger partial charge < -0.3 is 34.3 Å². The van der Waals surface area contributed by atoms with Crippen molar-refractivity contribution < 1.29 is 56.8 Å². The summed E-state index contributed by atoms with van der Waals surface area (Å²) < 4.78 is 54.2. The van der Waals surface area contributed by atoms with E-state index in [2.05, 4.69) is 38.2 Å². The molecule has 0 radical (unpaired) electrons. The summed E-state index contributed by atoms with van der Waals surface area (Å²) in [6.07, 6.45) is 36.5. The molecule has 1 saturated heterocycles. The summed E-state index contributed by atoms with van der Waals surface area (Å²) in [7, 11) is -4.60. The number of rotatable bonds is 43. The van der Waals surface area contributed by atoms with Gasteiger partial charge in [-0.1, -0.05) is 199 Å². The molecule has 0 saturated carbocycles. The Kier molecular flexibility index (Phi) is 37.9. The molecule has 2 unspecified atom stereocenters. The fourth-order valence-corrected chi connectivity index (χ4v) is 8.54. The molecule has 1 aliphatic heterocycles. The number of carbonyl (C=O) groups excluding carboxylic acids is 2. The topological polar surface area (TPSA) is 186 Å². The van der Waals surface area contributed by atoms with Crippen LogP contribution in [-0.4, -0.2) is 96.0 Å². The van der Waals surface area contributed by atoms with Crippen LogP contribution in [0.15, 0.2) is 24.3 Å². The molecule has 370 valence electrons. The van der Waals surface area contributed by atoms with E-state index in [0.717, 1.165) is 57.8 Å². The largest absolute Gasteiger partial charge is 0.462 e. The third-order valence-corrected chi connectivity index (χ3v) is 12.6. The van der Waals surface area contributed by atoms with Crippen LogP contribution in [0.2, 0.25) is 0 Å². The van der Waals surface area contributed by atoms with Crippen LogP contribution in [0.25, 0.3) is 0 Å². The van der Waals surface area contributed by atoms with Gasteiger partial charge in [0.2, 0.25) is 0 Å². The minimum Gasteiger partial charge on any atom is -0.462 e. The maximum Gasteiger partial charge on any atom is 0.306 e. The quantitative estimate of drug-likeness (QED) is 0.0197. The van der Waals surface area contributed by atoms with Gasteiger partial charge in [-0.25, -0.2) is 0 Å². The summed E-state index contributed by atoms with van der Waals surface area (Å²) >= 11 is 0. The van der Waals surface area contributed by atoms with Crippen molar-refractivity contribution in [3.05, 3.63) is 24.3 Å². The zero-order valence-electron chi connectivity index (χ0n) is 39.7. The lowest BCUT2D eigenvalue weighted by molar-refractivity contribution is -0.297. The number of carbonyl (C=O) groups is 2. The van der Waals surface area contributed by atoms with Gasteiger partial charge in [-0.2, -0.15) is 8.42 Å². The average Bonchev–Trinajstić information content (AvgIpc) is 3.25. The van der Waals surface area contributed by atoms with Crippen molar-refractivity contribution in [1.29, 1.82) is 0 Å². The maximum absolute atomic E-state index is 12.8. The Morgan fingerprint density at radius 1 is 0.540 bits per heavy atom. The molecule has 0 aromatic heterocycles. The molecule has 0 spiro atoms. The van der Waals surface area contributed by atoms with E-state index in [-0.39, 0.29) is 19.4 Å². The van der Waals surface area contributed by atoms with Crippen molar-refractivity contribution in [2.75, 3.05) is 19.0 Å². The second kappa shape index (κ2) is 40.4. The van der Waals surface area contributed by atoms with Crippen molar-refractivity contribution in [2.45, 2.75) is 263 Å². The lowest BCUT2D eigenvalue weighted by atomic mass is 10.00. The first-order chi connectivity index (χ1) is 30.5. The Balaban J connectivity index is 2.37. The van der Waals surface area contributed by atoms with Gasteiger partial charge in [0.15, 0.2) is 12.4 Å². The molecule has 12 nitrogen and oxygen atoms in total. The highest BCUT2D eigenvalue weighted by Gasteiger charge is 2.46. The van der Waals surface area contributed by atoms with Gasteiger partial charge in [0.1, 0.15) is 36.8 Å². The van der Waals surface area contributed by atoms with Crippen LogP contribution in [0.4, 0.5) is 0 Å². The molecule has 0 aliphatic carbocycles. The summed E-state index contributed by atoms with van der Waals surface area (Å²) in [6.45, 7) is 3.76. The summed E-state index contributed by atoms with van der Waals surface area (Å²) in [6, 6.07) is 0. The van der Waals surface area contributed by atoms with Crippen molar-refractivity contribution in [1.82, 2.24) is 0 Å². The van der Waals surface area contributed by atoms with Gasteiger partial charge in [0, 0.05) is 12.8 Å². The fraction of sp³-hybridized carbons (Fsp3) is 0.880. The van der Waals surface area contributed by atoms with Gasteiger partial charge in [-0.15, -0.1) is 0 Å². The third-order valence-electron chi connectivity index (χ3n) is 11.8. The smallest absolute Gasteiger partial charge is 0.306 e. The SMILES string of the molecule is CCCCCC/C=C/C=C/CCCCCCCC(=O)O[C@H](COC(=O)CCCCCCCCCCCCCCCCCCCCCC)CO[C@H]1O[C@H](CS(=O)(=O)O)[C@@H](O)C(O)C1O. The van der Waals surface area contributed by atoms with Crippen LogP contribution in [0, 0.1) is 0 Å². The molecule has 0 aromatic rings. The number of ether oxygens (including phenoxy) is 4. The highest BCUT2D eigenvalue weighted by molar-refractivity contribution is 7.85. The van der Waals surface area contributed by atoms with Gasteiger partial charge in [-0.3, -0.25) is 14.1 Å². The van der Waals surface area contributed by atoms with E-state index in [1.54, 1.807) is 0 Å². The predicted molar refractivity (Wildman–Crippen MR) is 252 cm³/mol. The van der Waals surface area contributed by atoms with E-state index in [9.17, 15) is 37.9 Å². The van der Waals surface area contributed by atoms with Crippen LogP contribution in [0.3, 0.4) is 0 Å². The van der Waals surface area contributed by atoms with Crippen LogP contribution >= 0.6 is 0 Å². The molecule has 6 atom stereocenters. The average molecular weight is 917 g/mol. The molecule has 0 bridgehead atoms. The van der Waals surface area contributed by atoms with Crippen LogP contribution in [-0.2, 0) is 38.7 Å². The van der Waals surface area contributed by atoms with Gasteiger partial charge in [-0.05, 0) is 38.5 Å². The highest BCUT2D eigenvalue weighted by Crippen LogP contribution is 2.24. The number of aliphatic hydroxyl groups excluding tert-OH is 3. The lowest BCUT2D eigenvalue weighted by Crippen LogP contribution is -2.60. The third kappa shape index (κ3) is 35.1. The fourth-order valence-electron chi connectivity index (χ4n) is 7.85. The van der Waals surface area contributed by atoms with E-state index in [1.165, 1.54) is 128 Å². The molecule has 0 amide bonds. The minimum absolute atomic E-state index is 0.149. The Morgan fingerprint density at radius 3 is 1.38 bits per heavy atom. The lowest BCUT2D eigenvalue weighted by Gasteiger charge is -2.40. The van der Waals surface area contributed by atoms with Crippen LogP contribution < -0.4 is 0 Å². The number of allylic oxidation sites excluding steroid dienone is 4. The summed E-state index contributed by atoms with van der Waals surface area (Å²) in [4.78, 5) is 25.5. The highest BCUT2D eigenvalue weighted by atomic mass is 32.2. The number of aliphatic hydroxyl groups is 3. The molecular weight excluding hydrogens is 825 g/mol. The minimum atomic E-state index is -4.60. The molecule has 1 heterocycles. The zero-order valence-corrected chi connectivity index (χ0v) is 40.5. The number of hydrogen-bond donors (Lipinski definition) is 4. The Bertz CT molecular complexity index is 1260. The molecule has 1 rings (SSSR count). The standard InChI is InChI=1S/C50H92O12S/c1-3-5-7-9-11-13-15-17-19-20-21-22-23-25-26-28-30-32-34-36-38-45(51)59-40-43(41-60-50-49(55)48(54)47(53)44(62-50)42-63(56,57)58)61-46(52)39-37-35-33-31-29-27-24-18-16-14-12-10-8-6-4-2/h14,16,18,24,43-44,47-50,53-55H,3-13,15,17,19-23,25-42H2,1-2H3,(H,56,57,58)/b16-14+,24-18+/t43-,44-,47-,48?,49?,50+/m1/s1. The van der Waals surface area contributed by atoms with E-state index < -0.39 is 71.2 Å². The summed E-state index contributed by atoms with van der Waals surface area (Å²) in [5, 5.41) is 30.9. The monoisotopic (exact) mass is 917 g/mol.